The van der Waals surface area contributed by atoms with Gasteiger partial charge in [0.05, 0.1) is 16.4 Å². The minimum absolute atomic E-state index is 0.147. The summed E-state index contributed by atoms with van der Waals surface area (Å²) in [4.78, 5) is 4.69. The Balaban J connectivity index is 2.31. The summed E-state index contributed by atoms with van der Waals surface area (Å²) in [6.07, 6.45) is 0. The zero-order valence-electron chi connectivity index (χ0n) is 11.3. The maximum absolute atomic E-state index is 6.31. The average Bonchev–Trinajstić information content (AvgIpc) is 2.78. The number of hydrogen-bond donors (Lipinski definition) is 0. The number of aryl methyl sites for hydroxylation is 1. The molecule has 0 saturated heterocycles. The number of benzene rings is 2. The lowest BCUT2D eigenvalue weighted by atomic mass is 10.2. The Bertz CT molecular complexity index is 760. The van der Waals surface area contributed by atoms with Crippen LogP contribution in [0.3, 0.4) is 0 Å². The highest BCUT2D eigenvalue weighted by Gasteiger charge is 2.16. The Morgan fingerprint density at radius 3 is 2.50 bits per heavy atom. The molecule has 2 aromatic carbocycles. The molecule has 0 spiro atoms. The smallest absolute Gasteiger partial charge is 0.132 e. The van der Waals surface area contributed by atoms with Gasteiger partial charge in [-0.3, -0.25) is 4.57 Å². The second kappa shape index (κ2) is 5.23. The maximum atomic E-state index is 6.31. The van der Waals surface area contributed by atoms with Crippen molar-refractivity contribution in [1.82, 2.24) is 9.55 Å². The number of imidazole rings is 1. The van der Waals surface area contributed by atoms with Crippen molar-refractivity contribution in [2.75, 3.05) is 0 Å². The van der Waals surface area contributed by atoms with Crippen LogP contribution in [-0.4, -0.2) is 9.55 Å². The van der Waals surface area contributed by atoms with E-state index in [1.54, 1.807) is 0 Å². The first-order valence-electron chi connectivity index (χ1n) is 6.45. The van der Waals surface area contributed by atoms with Crippen LogP contribution in [0.5, 0.6) is 0 Å². The van der Waals surface area contributed by atoms with Crippen LogP contribution in [0.2, 0.25) is 0 Å². The molecule has 0 fully saturated rings. The number of fused-ring (bicyclic) bond motifs is 1. The summed E-state index contributed by atoms with van der Waals surface area (Å²) < 4.78 is 3.18. The van der Waals surface area contributed by atoms with Crippen molar-refractivity contribution in [3.8, 4) is 5.69 Å². The predicted molar refractivity (Wildman–Crippen MR) is 87.8 cm³/mol. The third kappa shape index (κ3) is 2.36. The molecular weight excluding hydrogens is 336 g/mol. The van der Waals surface area contributed by atoms with Gasteiger partial charge in [0.2, 0.25) is 0 Å². The number of rotatable bonds is 2. The normalized spacial score (nSPS) is 12.8. The fourth-order valence-corrected chi connectivity index (χ4v) is 2.75. The van der Waals surface area contributed by atoms with Crippen molar-refractivity contribution >= 4 is 38.6 Å². The van der Waals surface area contributed by atoms with Crippen LogP contribution in [0.15, 0.2) is 46.9 Å². The van der Waals surface area contributed by atoms with Crippen molar-refractivity contribution in [2.45, 2.75) is 19.2 Å². The molecule has 0 amide bonds. The molecule has 0 bridgehead atoms. The number of alkyl halides is 1. The van der Waals surface area contributed by atoms with Gasteiger partial charge in [-0.05, 0) is 55.8 Å². The first kappa shape index (κ1) is 13.7. The Labute approximate surface area is 131 Å². The van der Waals surface area contributed by atoms with Gasteiger partial charge in [0.15, 0.2) is 0 Å². The molecule has 0 N–H and O–H groups in total. The van der Waals surface area contributed by atoms with Gasteiger partial charge >= 0.3 is 0 Å². The molecule has 0 aliphatic rings. The topological polar surface area (TPSA) is 17.8 Å². The summed E-state index contributed by atoms with van der Waals surface area (Å²) in [6.45, 7) is 4.02. The molecule has 102 valence electrons. The molecule has 2 nitrogen and oxygen atoms in total. The molecule has 0 aliphatic carbocycles. The third-order valence-corrected chi connectivity index (χ3v) is 4.00. The lowest BCUT2D eigenvalue weighted by molar-refractivity contribution is 0.882. The standard InChI is InChI=1S/C16H14BrClN2/c1-10-3-8-15-14(9-10)19-16(11(2)18)20(15)13-6-4-12(17)5-7-13/h3-9,11H,1-2H3. The van der Waals surface area contributed by atoms with E-state index in [2.05, 4.69) is 57.8 Å². The van der Waals surface area contributed by atoms with Crippen LogP contribution in [0, 0.1) is 6.92 Å². The molecule has 4 heteroatoms. The van der Waals surface area contributed by atoms with E-state index in [0.717, 1.165) is 27.0 Å². The van der Waals surface area contributed by atoms with Crippen LogP contribution < -0.4 is 0 Å². The lowest BCUT2D eigenvalue weighted by Gasteiger charge is -2.10. The summed E-state index contributed by atoms with van der Waals surface area (Å²) >= 11 is 9.77. The fourth-order valence-electron chi connectivity index (χ4n) is 2.34. The zero-order chi connectivity index (χ0) is 14.3. The van der Waals surface area contributed by atoms with E-state index in [4.69, 9.17) is 16.6 Å². The highest BCUT2D eigenvalue weighted by atomic mass is 79.9. The first-order valence-corrected chi connectivity index (χ1v) is 7.68. The van der Waals surface area contributed by atoms with Gasteiger partial charge in [-0.1, -0.05) is 22.0 Å². The van der Waals surface area contributed by atoms with Gasteiger partial charge in [0, 0.05) is 10.2 Å². The van der Waals surface area contributed by atoms with E-state index in [1.165, 1.54) is 5.56 Å². The van der Waals surface area contributed by atoms with Crippen LogP contribution >= 0.6 is 27.5 Å². The molecule has 0 saturated carbocycles. The molecule has 1 heterocycles. The van der Waals surface area contributed by atoms with Gasteiger partial charge in [-0.2, -0.15) is 0 Å². The van der Waals surface area contributed by atoms with Crippen molar-refractivity contribution in [3.63, 3.8) is 0 Å². The zero-order valence-corrected chi connectivity index (χ0v) is 13.6. The minimum Gasteiger partial charge on any atom is -0.295 e. The van der Waals surface area contributed by atoms with Gasteiger partial charge < -0.3 is 0 Å². The highest BCUT2D eigenvalue weighted by Crippen LogP contribution is 2.29. The number of aromatic nitrogens is 2. The van der Waals surface area contributed by atoms with Gasteiger partial charge in [0.1, 0.15) is 5.82 Å². The van der Waals surface area contributed by atoms with Crippen molar-refractivity contribution in [3.05, 3.63) is 58.3 Å². The Kier molecular flexibility index (Phi) is 3.57. The summed E-state index contributed by atoms with van der Waals surface area (Å²) in [5.74, 6) is 0.870. The van der Waals surface area contributed by atoms with Crippen LogP contribution in [-0.2, 0) is 0 Å². The lowest BCUT2D eigenvalue weighted by Crippen LogP contribution is -2.01. The molecule has 3 aromatic rings. The molecule has 20 heavy (non-hydrogen) atoms. The van der Waals surface area contributed by atoms with Gasteiger partial charge in [0.25, 0.3) is 0 Å². The summed E-state index contributed by atoms with van der Waals surface area (Å²) in [5, 5.41) is -0.147. The van der Waals surface area contributed by atoms with Crippen LogP contribution in [0.1, 0.15) is 23.7 Å². The van der Waals surface area contributed by atoms with Crippen molar-refractivity contribution < 1.29 is 0 Å². The quantitative estimate of drug-likeness (QED) is 0.567. The second-order valence-corrected chi connectivity index (χ2v) is 6.46. The predicted octanol–water partition coefficient (Wildman–Crippen LogP) is 5.40. The minimum atomic E-state index is -0.147. The Morgan fingerprint density at radius 2 is 1.85 bits per heavy atom. The van der Waals surface area contributed by atoms with E-state index < -0.39 is 0 Å². The maximum Gasteiger partial charge on any atom is 0.132 e. The number of hydrogen-bond acceptors (Lipinski definition) is 1. The first-order chi connectivity index (χ1) is 9.56. The fraction of sp³-hybridized carbons (Fsp3) is 0.188. The Morgan fingerprint density at radius 1 is 1.15 bits per heavy atom. The van der Waals surface area contributed by atoms with Crippen LogP contribution in [0.25, 0.3) is 16.7 Å². The molecule has 1 atom stereocenters. The van der Waals surface area contributed by atoms with Crippen LogP contribution in [0.4, 0.5) is 0 Å². The van der Waals surface area contributed by atoms with E-state index in [0.29, 0.717) is 0 Å². The summed E-state index contributed by atoms with van der Waals surface area (Å²) in [5.41, 5.74) is 4.34. The summed E-state index contributed by atoms with van der Waals surface area (Å²) in [7, 11) is 0. The second-order valence-electron chi connectivity index (χ2n) is 4.89. The van der Waals surface area contributed by atoms with Crippen molar-refractivity contribution in [2.24, 2.45) is 0 Å². The highest BCUT2D eigenvalue weighted by molar-refractivity contribution is 9.10. The Hall–Kier alpha value is -1.32. The SMILES string of the molecule is Cc1ccc2c(c1)nc(C(C)Cl)n2-c1ccc(Br)cc1. The molecule has 1 unspecified atom stereocenters. The largest absolute Gasteiger partial charge is 0.295 e. The third-order valence-electron chi connectivity index (χ3n) is 3.28. The molecule has 0 radical (unpaired) electrons. The van der Waals surface area contributed by atoms with E-state index in [-0.39, 0.29) is 5.38 Å². The average molecular weight is 350 g/mol. The number of nitrogens with zero attached hydrogens (tertiary/aromatic N) is 2. The van der Waals surface area contributed by atoms with E-state index >= 15 is 0 Å². The summed E-state index contributed by atoms with van der Waals surface area (Å²) in [6, 6.07) is 14.5. The van der Waals surface area contributed by atoms with Gasteiger partial charge in [-0.15, -0.1) is 11.6 Å². The molecule has 0 aliphatic heterocycles. The monoisotopic (exact) mass is 348 g/mol. The van der Waals surface area contributed by atoms with E-state index in [9.17, 15) is 0 Å². The van der Waals surface area contributed by atoms with E-state index in [1.807, 2.05) is 19.1 Å². The number of halogens is 2. The molecular formula is C16H14BrClN2. The van der Waals surface area contributed by atoms with Crippen molar-refractivity contribution in [1.29, 1.82) is 0 Å². The van der Waals surface area contributed by atoms with Gasteiger partial charge in [-0.25, -0.2) is 4.98 Å². The molecule has 1 aromatic heterocycles. The molecule has 3 rings (SSSR count).